The molecule has 1 amide bonds. The third-order valence-electron chi connectivity index (χ3n) is 12.5. The van der Waals surface area contributed by atoms with Crippen molar-refractivity contribution in [2.45, 2.75) is 296 Å². The summed E-state index contributed by atoms with van der Waals surface area (Å²) in [5, 5.41) is 23.1. The molecule has 0 heterocycles. The standard InChI is InChI=1S/C58H107NO3/c1-3-5-7-9-11-13-15-17-19-21-22-23-24-25-26-27-28-29-30-31-32-33-34-35-36-38-40-42-44-46-48-50-52-54-58(62)59-56(55-60)57(61)53-51-49-47-45-43-41-39-37-20-18-16-14-12-10-8-6-4-2/h20,22-23,25-26,37,43,45,51,53,56-57,60-61H,3-19,21,24,27-36,38-42,44,46-50,52,54-55H2,1-2H3,(H,59,62)/b23-22-,26-25-,37-20+,45-43+,53-51+. The summed E-state index contributed by atoms with van der Waals surface area (Å²) in [4.78, 5) is 12.4. The van der Waals surface area contributed by atoms with E-state index in [-0.39, 0.29) is 12.5 Å². The summed E-state index contributed by atoms with van der Waals surface area (Å²) in [5.74, 6) is -0.0764. The molecule has 0 aliphatic heterocycles. The van der Waals surface area contributed by atoms with Crippen molar-refractivity contribution in [3.8, 4) is 0 Å². The molecule has 2 unspecified atom stereocenters. The second kappa shape index (κ2) is 53.4. The number of hydrogen-bond acceptors (Lipinski definition) is 3. The molecule has 4 heteroatoms. The molecule has 0 saturated carbocycles. The molecule has 0 aliphatic carbocycles. The SMILES string of the molecule is CCCCCCCCC/C=C/CC/C=C/CC/C=C/C(O)C(CO)NC(=O)CCCCCCCCCCCCCCCCCCC/C=C\C/C=C\CCCCCCCCCCC. The average Bonchev–Trinajstić information content (AvgIpc) is 3.28. The maximum absolute atomic E-state index is 12.4. The summed E-state index contributed by atoms with van der Waals surface area (Å²) in [6, 6.07) is -0.646. The van der Waals surface area contributed by atoms with E-state index in [9.17, 15) is 15.0 Å². The lowest BCUT2D eigenvalue weighted by molar-refractivity contribution is -0.123. The highest BCUT2D eigenvalue weighted by Gasteiger charge is 2.17. The molecule has 0 aliphatic rings. The minimum absolute atomic E-state index is 0.0764. The van der Waals surface area contributed by atoms with Gasteiger partial charge in [0.05, 0.1) is 18.8 Å². The minimum Gasteiger partial charge on any atom is -0.394 e. The molecular formula is C58H107NO3. The van der Waals surface area contributed by atoms with Gasteiger partial charge in [0.15, 0.2) is 0 Å². The Kier molecular flexibility index (Phi) is 51.8. The van der Waals surface area contributed by atoms with Crippen LogP contribution in [-0.4, -0.2) is 34.9 Å². The van der Waals surface area contributed by atoms with Gasteiger partial charge in [-0.05, 0) is 77.0 Å². The van der Waals surface area contributed by atoms with Crippen molar-refractivity contribution in [2.75, 3.05) is 6.61 Å². The molecule has 0 fully saturated rings. The number of unbranched alkanes of at least 4 members (excludes halogenated alkanes) is 35. The monoisotopic (exact) mass is 866 g/mol. The molecule has 0 saturated heterocycles. The lowest BCUT2D eigenvalue weighted by atomic mass is 10.0. The lowest BCUT2D eigenvalue weighted by Crippen LogP contribution is -2.45. The van der Waals surface area contributed by atoms with Gasteiger partial charge in [0.2, 0.25) is 5.91 Å². The number of nitrogens with one attached hydrogen (secondary N) is 1. The van der Waals surface area contributed by atoms with Gasteiger partial charge in [-0.2, -0.15) is 0 Å². The molecule has 4 nitrogen and oxygen atoms in total. The van der Waals surface area contributed by atoms with E-state index in [4.69, 9.17) is 0 Å². The van der Waals surface area contributed by atoms with Gasteiger partial charge < -0.3 is 15.5 Å². The fourth-order valence-corrected chi connectivity index (χ4v) is 8.24. The van der Waals surface area contributed by atoms with Crippen LogP contribution in [-0.2, 0) is 4.79 Å². The van der Waals surface area contributed by atoms with E-state index in [0.29, 0.717) is 6.42 Å². The molecule has 0 aromatic heterocycles. The Morgan fingerprint density at radius 3 is 1.03 bits per heavy atom. The van der Waals surface area contributed by atoms with E-state index < -0.39 is 12.1 Å². The summed E-state index contributed by atoms with van der Waals surface area (Å²) in [6.45, 7) is 4.30. The van der Waals surface area contributed by atoms with E-state index in [1.807, 2.05) is 6.08 Å². The highest BCUT2D eigenvalue weighted by Crippen LogP contribution is 2.16. The van der Waals surface area contributed by atoms with Crippen molar-refractivity contribution >= 4 is 5.91 Å². The average molecular weight is 866 g/mol. The number of aliphatic hydroxyl groups is 2. The maximum Gasteiger partial charge on any atom is 0.220 e. The molecule has 62 heavy (non-hydrogen) atoms. The van der Waals surface area contributed by atoms with Crippen molar-refractivity contribution in [3.63, 3.8) is 0 Å². The van der Waals surface area contributed by atoms with Gasteiger partial charge in [0, 0.05) is 6.42 Å². The van der Waals surface area contributed by atoms with Crippen LogP contribution in [0.5, 0.6) is 0 Å². The van der Waals surface area contributed by atoms with Crippen molar-refractivity contribution in [2.24, 2.45) is 0 Å². The Balaban J connectivity index is 3.51. The van der Waals surface area contributed by atoms with Crippen molar-refractivity contribution < 1.29 is 15.0 Å². The van der Waals surface area contributed by atoms with Gasteiger partial charge in [0.1, 0.15) is 0 Å². The molecule has 362 valence electrons. The molecule has 0 radical (unpaired) electrons. The molecule has 0 spiro atoms. The fraction of sp³-hybridized carbons (Fsp3) is 0.810. The molecule has 0 aromatic rings. The lowest BCUT2D eigenvalue weighted by Gasteiger charge is -2.19. The largest absolute Gasteiger partial charge is 0.394 e. The van der Waals surface area contributed by atoms with Crippen LogP contribution in [0.25, 0.3) is 0 Å². The quantitative estimate of drug-likeness (QED) is 0.0421. The number of allylic oxidation sites excluding steroid dienone is 9. The summed E-state index contributed by atoms with van der Waals surface area (Å²) >= 11 is 0. The molecule has 3 N–H and O–H groups in total. The normalized spacial score (nSPS) is 13.3. The van der Waals surface area contributed by atoms with Crippen LogP contribution >= 0.6 is 0 Å². The minimum atomic E-state index is -0.871. The van der Waals surface area contributed by atoms with Gasteiger partial charge in [0.25, 0.3) is 0 Å². The summed E-state index contributed by atoms with van der Waals surface area (Å²) < 4.78 is 0. The van der Waals surface area contributed by atoms with Gasteiger partial charge in [-0.15, -0.1) is 0 Å². The Labute approximate surface area is 387 Å². The molecule has 0 aromatic carbocycles. The first kappa shape index (κ1) is 60.1. The first-order valence-corrected chi connectivity index (χ1v) is 27.5. The van der Waals surface area contributed by atoms with Crippen LogP contribution in [0.2, 0.25) is 0 Å². The predicted octanol–water partition coefficient (Wildman–Crippen LogP) is 18.0. The van der Waals surface area contributed by atoms with E-state index in [0.717, 1.165) is 44.9 Å². The number of carbonyl (C=O) groups is 1. The number of carbonyl (C=O) groups excluding carboxylic acids is 1. The van der Waals surface area contributed by atoms with Crippen molar-refractivity contribution in [1.82, 2.24) is 5.32 Å². The van der Waals surface area contributed by atoms with E-state index >= 15 is 0 Å². The zero-order chi connectivity index (χ0) is 44.9. The van der Waals surface area contributed by atoms with Crippen LogP contribution < -0.4 is 5.32 Å². The topological polar surface area (TPSA) is 69.6 Å². The zero-order valence-electron chi connectivity index (χ0n) is 41.6. The highest BCUT2D eigenvalue weighted by atomic mass is 16.3. The van der Waals surface area contributed by atoms with E-state index in [1.165, 1.54) is 218 Å². The Morgan fingerprint density at radius 2 is 0.677 bits per heavy atom. The zero-order valence-corrected chi connectivity index (χ0v) is 41.6. The van der Waals surface area contributed by atoms with Gasteiger partial charge in [-0.25, -0.2) is 0 Å². The van der Waals surface area contributed by atoms with Crippen LogP contribution in [0.15, 0.2) is 60.8 Å². The molecule has 2 atom stereocenters. The maximum atomic E-state index is 12.4. The Morgan fingerprint density at radius 1 is 0.387 bits per heavy atom. The summed E-state index contributed by atoms with van der Waals surface area (Å²) in [5.41, 5.74) is 0. The predicted molar refractivity (Wildman–Crippen MR) is 276 cm³/mol. The fourth-order valence-electron chi connectivity index (χ4n) is 8.24. The van der Waals surface area contributed by atoms with E-state index in [2.05, 4.69) is 67.8 Å². The van der Waals surface area contributed by atoms with Crippen molar-refractivity contribution in [1.29, 1.82) is 0 Å². The first-order chi connectivity index (χ1) is 30.7. The molecular weight excluding hydrogens is 759 g/mol. The third-order valence-corrected chi connectivity index (χ3v) is 12.5. The Bertz CT molecular complexity index is 1030. The van der Waals surface area contributed by atoms with Crippen LogP contribution in [0.3, 0.4) is 0 Å². The molecule has 0 bridgehead atoms. The number of hydrogen-bond donors (Lipinski definition) is 3. The summed E-state index contributed by atoms with van der Waals surface area (Å²) in [6.07, 6.45) is 75.2. The van der Waals surface area contributed by atoms with Crippen molar-refractivity contribution in [3.05, 3.63) is 60.8 Å². The number of rotatable bonds is 50. The van der Waals surface area contributed by atoms with E-state index in [1.54, 1.807) is 6.08 Å². The van der Waals surface area contributed by atoms with Crippen LogP contribution in [0, 0.1) is 0 Å². The van der Waals surface area contributed by atoms with Gasteiger partial charge in [-0.3, -0.25) is 4.79 Å². The Hall–Kier alpha value is -1.91. The van der Waals surface area contributed by atoms with Gasteiger partial charge in [-0.1, -0.05) is 261 Å². The highest BCUT2D eigenvalue weighted by molar-refractivity contribution is 5.76. The second-order valence-electron chi connectivity index (χ2n) is 18.6. The first-order valence-electron chi connectivity index (χ1n) is 27.5. The smallest absolute Gasteiger partial charge is 0.220 e. The van der Waals surface area contributed by atoms with Crippen LogP contribution in [0.4, 0.5) is 0 Å². The second-order valence-corrected chi connectivity index (χ2v) is 18.6. The number of amides is 1. The van der Waals surface area contributed by atoms with Gasteiger partial charge >= 0.3 is 0 Å². The third kappa shape index (κ3) is 49.1. The van der Waals surface area contributed by atoms with Crippen LogP contribution in [0.1, 0.15) is 284 Å². The molecule has 0 rings (SSSR count). The number of aliphatic hydroxyl groups excluding tert-OH is 2. The summed E-state index contributed by atoms with van der Waals surface area (Å²) in [7, 11) is 0.